The number of aromatic nitrogens is 2. The van der Waals surface area contributed by atoms with Crippen LogP contribution in [-0.2, 0) is 17.8 Å². The summed E-state index contributed by atoms with van der Waals surface area (Å²) in [6.45, 7) is 2.17. The van der Waals surface area contributed by atoms with Crippen molar-refractivity contribution in [3.63, 3.8) is 0 Å². The van der Waals surface area contributed by atoms with E-state index in [0.29, 0.717) is 12.3 Å². The molecule has 1 aromatic carbocycles. The maximum Gasteiger partial charge on any atom is 0.227 e. The Labute approximate surface area is 137 Å². The second-order valence-corrected chi connectivity index (χ2v) is 5.28. The predicted molar refractivity (Wildman–Crippen MR) is 83.3 cm³/mol. The number of hydrogen-bond acceptors (Lipinski definition) is 5. The van der Waals surface area contributed by atoms with E-state index < -0.39 is 5.82 Å². The van der Waals surface area contributed by atoms with Gasteiger partial charge < -0.3 is 14.3 Å². The number of carbonyl (C=O) groups excluding carboxylic acids is 1. The zero-order valence-corrected chi connectivity index (χ0v) is 13.1. The Bertz CT molecular complexity index is 841. The molecule has 3 aromatic rings. The van der Waals surface area contributed by atoms with Crippen LogP contribution in [0.1, 0.15) is 23.8 Å². The molecule has 2 heterocycles. The molecular weight excluding hydrogens is 313 g/mol. The number of rotatable bonds is 6. The van der Waals surface area contributed by atoms with Gasteiger partial charge in [-0.25, -0.2) is 4.39 Å². The molecule has 0 atom stereocenters. The summed E-state index contributed by atoms with van der Waals surface area (Å²) in [5.74, 6) is 1.38. The van der Waals surface area contributed by atoms with Crippen molar-refractivity contribution in [2.24, 2.45) is 0 Å². The van der Waals surface area contributed by atoms with Crippen LogP contribution in [0, 0.1) is 12.7 Å². The van der Waals surface area contributed by atoms with Gasteiger partial charge in [0.15, 0.2) is 0 Å². The molecule has 1 N–H and O–H groups in total. The largest absolute Gasteiger partial charge is 0.465 e. The fourth-order valence-electron chi connectivity index (χ4n) is 2.18. The Hall–Kier alpha value is -2.96. The maximum atomic E-state index is 13.7. The normalized spacial score (nSPS) is 10.8. The van der Waals surface area contributed by atoms with Crippen LogP contribution in [-0.4, -0.2) is 16.0 Å². The van der Waals surface area contributed by atoms with Crippen molar-refractivity contribution in [1.82, 2.24) is 15.5 Å². The van der Waals surface area contributed by atoms with Gasteiger partial charge in [0.2, 0.25) is 17.6 Å². The number of halogens is 1. The molecule has 6 nitrogen and oxygen atoms in total. The van der Waals surface area contributed by atoms with E-state index in [9.17, 15) is 9.18 Å². The molecule has 0 radical (unpaired) electrons. The predicted octanol–water partition coefficient (Wildman–Crippen LogP) is 3.03. The van der Waals surface area contributed by atoms with Crippen molar-refractivity contribution >= 4 is 5.91 Å². The van der Waals surface area contributed by atoms with Crippen LogP contribution in [0.15, 0.2) is 45.3 Å². The third-order valence-corrected chi connectivity index (χ3v) is 3.40. The number of aryl methyl sites for hydroxylation is 2. The zero-order chi connectivity index (χ0) is 16.9. The van der Waals surface area contributed by atoms with Gasteiger partial charge in [0.1, 0.15) is 17.3 Å². The second kappa shape index (κ2) is 7.08. The lowest BCUT2D eigenvalue weighted by molar-refractivity contribution is -0.121. The Morgan fingerprint density at radius 3 is 2.83 bits per heavy atom. The van der Waals surface area contributed by atoms with Crippen molar-refractivity contribution in [3.05, 3.63) is 59.6 Å². The number of furan rings is 1. The smallest absolute Gasteiger partial charge is 0.227 e. The van der Waals surface area contributed by atoms with Crippen molar-refractivity contribution in [2.75, 3.05) is 0 Å². The van der Waals surface area contributed by atoms with Crippen LogP contribution < -0.4 is 5.32 Å². The molecule has 0 saturated carbocycles. The van der Waals surface area contributed by atoms with E-state index in [2.05, 4.69) is 15.5 Å². The number of benzene rings is 1. The first-order valence-corrected chi connectivity index (χ1v) is 7.51. The van der Waals surface area contributed by atoms with E-state index in [1.807, 2.05) is 19.1 Å². The summed E-state index contributed by atoms with van der Waals surface area (Å²) in [6, 6.07) is 9.83. The molecule has 0 aliphatic heterocycles. The monoisotopic (exact) mass is 329 g/mol. The van der Waals surface area contributed by atoms with Crippen LogP contribution in [0.25, 0.3) is 11.4 Å². The minimum Gasteiger partial charge on any atom is -0.465 e. The van der Waals surface area contributed by atoms with Crippen LogP contribution in [0.3, 0.4) is 0 Å². The van der Waals surface area contributed by atoms with Crippen molar-refractivity contribution in [1.29, 1.82) is 0 Å². The molecule has 1 amide bonds. The number of amides is 1. The van der Waals surface area contributed by atoms with Gasteiger partial charge in [-0.3, -0.25) is 4.79 Å². The summed E-state index contributed by atoms with van der Waals surface area (Å²) in [4.78, 5) is 15.9. The molecule has 3 rings (SSSR count). The summed E-state index contributed by atoms with van der Waals surface area (Å²) in [6.07, 6.45) is 0.475. The average molecular weight is 329 g/mol. The molecule has 0 aliphatic carbocycles. The Balaban J connectivity index is 1.52. The van der Waals surface area contributed by atoms with Crippen LogP contribution in [0.2, 0.25) is 0 Å². The summed E-state index contributed by atoms with van der Waals surface area (Å²) < 4.78 is 24.1. The summed E-state index contributed by atoms with van der Waals surface area (Å²) in [5.41, 5.74) is 0.269. The number of hydrogen-bond donors (Lipinski definition) is 1. The first-order valence-electron chi connectivity index (χ1n) is 7.51. The maximum absolute atomic E-state index is 13.7. The lowest BCUT2D eigenvalue weighted by atomic mass is 10.2. The lowest BCUT2D eigenvalue weighted by Gasteiger charge is -2.01. The highest BCUT2D eigenvalue weighted by molar-refractivity contribution is 5.75. The average Bonchev–Trinajstić information content (AvgIpc) is 3.20. The van der Waals surface area contributed by atoms with Crippen molar-refractivity contribution < 1.29 is 18.1 Å². The fourth-order valence-corrected chi connectivity index (χ4v) is 2.18. The molecule has 0 spiro atoms. The van der Waals surface area contributed by atoms with Crippen LogP contribution in [0.5, 0.6) is 0 Å². The first kappa shape index (κ1) is 15.9. The van der Waals surface area contributed by atoms with Gasteiger partial charge in [-0.1, -0.05) is 17.3 Å². The van der Waals surface area contributed by atoms with Gasteiger partial charge in [-0.15, -0.1) is 0 Å². The van der Waals surface area contributed by atoms with Gasteiger partial charge in [0.25, 0.3) is 0 Å². The Morgan fingerprint density at radius 1 is 1.25 bits per heavy atom. The molecule has 0 saturated heterocycles. The Morgan fingerprint density at radius 2 is 2.08 bits per heavy atom. The highest BCUT2D eigenvalue weighted by atomic mass is 19.1. The minimum atomic E-state index is -0.420. The van der Waals surface area contributed by atoms with Gasteiger partial charge in [-0.2, -0.15) is 4.98 Å². The number of nitrogens with one attached hydrogen (secondary N) is 1. The van der Waals surface area contributed by atoms with E-state index >= 15 is 0 Å². The summed E-state index contributed by atoms with van der Waals surface area (Å²) in [7, 11) is 0. The molecule has 0 fully saturated rings. The van der Waals surface area contributed by atoms with Crippen molar-refractivity contribution in [3.8, 4) is 11.4 Å². The highest BCUT2D eigenvalue weighted by Crippen LogP contribution is 2.19. The van der Waals surface area contributed by atoms with E-state index in [1.165, 1.54) is 6.07 Å². The minimum absolute atomic E-state index is 0.158. The van der Waals surface area contributed by atoms with Gasteiger partial charge in [0, 0.05) is 12.8 Å². The third-order valence-electron chi connectivity index (χ3n) is 3.40. The SMILES string of the molecule is Cc1ccc(CNC(=O)CCc2nc(-c3ccccc3F)no2)o1. The van der Waals surface area contributed by atoms with E-state index in [1.54, 1.807) is 18.2 Å². The van der Waals surface area contributed by atoms with Crippen LogP contribution >= 0.6 is 0 Å². The standard InChI is InChI=1S/C17H16FN3O3/c1-11-6-7-12(23-11)10-19-15(22)8-9-16-20-17(21-24-16)13-4-2-3-5-14(13)18/h2-7H,8-10H2,1H3,(H,19,22). The molecule has 124 valence electrons. The fraction of sp³-hybridized carbons (Fsp3) is 0.235. The van der Waals surface area contributed by atoms with E-state index in [-0.39, 0.29) is 36.0 Å². The van der Waals surface area contributed by atoms with E-state index in [0.717, 1.165) is 5.76 Å². The molecular formula is C17H16FN3O3. The molecule has 0 aliphatic rings. The van der Waals surface area contributed by atoms with E-state index in [4.69, 9.17) is 8.94 Å². The molecule has 7 heteroatoms. The Kier molecular flexibility index (Phi) is 4.69. The third kappa shape index (κ3) is 3.87. The lowest BCUT2D eigenvalue weighted by Crippen LogP contribution is -2.22. The number of carbonyl (C=O) groups is 1. The summed E-state index contributed by atoms with van der Waals surface area (Å²) >= 11 is 0. The van der Waals surface area contributed by atoms with Gasteiger partial charge in [0.05, 0.1) is 12.1 Å². The molecule has 0 unspecified atom stereocenters. The first-order chi connectivity index (χ1) is 11.6. The zero-order valence-electron chi connectivity index (χ0n) is 13.1. The van der Waals surface area contributed by atoms with Crippen LogP contribution in [0.4, 0.5) is 4.39 Å². The molecule has 2 aromatic heterocycles. The highest BCUT2D eigenvalue weighted by Gasteiger charge is 2.13. The van der Waals surface area contributed by atoms with Gasteiger partial charge >= 0.3 is 0 Å². The van der Waals surface area contributed by atoms with Crippen molar-refractivity contribution in [2.45, 2.75) is 26.3 Å². The second-order valence-electron chi connectivity index (χ2n) is 5.28. The quantitative estimate of drug-likeness (QED) is 0.752. The topological polar surface area (TPSA) is 81.2 Å². The summed E-state index contributed by atoms with van der Waals surface area (Å²) in [5, 5.41) is 6.50. The molecule has 0 bridgehead atoms. The molecule has 24 heavy (non-hydrogen) atoms. The van der Waals surface area contributed by atoms with Gasteiger partial charge in [-0.05, 0) is 31.2 Å². The number of nitrogens with zero attached hydrogens (tertiary/aromatic N) is 2.